The average molecular weight is 272 g/mol. The second-order valence-electron chi connectivity index (χ2n) is 3.94. The average Bonchev–Trinajstić information content (AvgIpc) is 2.46. The van der Waals surface area contributed by atoms with Gasteiger partial charge in [-0.05, 0) is 17.7 Å². The van der Waals surface area contributed by atoms with Gasteiger partial charge in [0.15, 0.2) is 0 Å². The standard InChI is InChI=1S/C13H12N4O3/c18-12(19)10-3-1-9(2-4-10)5-16-13(20)17-11-6-14-8-15-7-11/h1-4,6-8H,5H2,(H,18,19)(H2,16,17,20). The van der Waals surface area contributed by atoms with Crippen molar-refractivity contribution in [3.8, 4) is 0 Å². The van der Waals surface area contributed by atoms with Crippen molar-refractivity contribution in [2.75, 3.05) is 5.32 Å². The molecule has 20 heavy (non-hydrogen) atoms. The first kappa shape index (κ1) is 13.5. The molecule has 2 amide bonds. The maximum atomic E-state index is 11.6. The Labute approximate surface area is 114 Å². The monoisotopic (exact) mass is 272 g/mol. The number of amides is 2. The van der Waals surface area contributed by atoms with E-state index in [1.807, 2.05) is 0 Å². The van der Waals surface area contributed by atoms with Gasteiger partial charge in [-0.1, -0.05) is 12.1 Å². The SMILES string of the molecule is O=C(NCc1ccc(C(=O)O)cc1)Nc1cncnc1. The maximum absolute atomic E-state index is 11.6. The van der Waals surface area contributed by atoms with E-state index in [0.717, 1.165) is 5.56 Å². The van der Waals surface area contributed by atoms with Crippen LogP contribution in [-0.4, -0.2) is 27.1 Å². The van der Waals surface area contributed by atoms with Crippen molar-refractivity contribution in [2.45, 2.75) is 6.54 Å². The van der Waals surface area contributed by atoms with Crippen LogP contribution in [0.25, 0.3) is 0 Å². The fourth-order valence-corrected chi connectivity index (χ4v) is 1.49. The predicted octanol–water partition coefficient (Wildman–Crippen LogP) is 1.50. The second-order valence-corrected chi connectivity index (χ2v) is 3.94. The van der Waals surface area contributed by atoms with Crippen molar-refractivity contribution in [1.82, 2.24) is 15.3 Å². The van der Waals surface area contributed by atoms with Crippen molar-refractivity contribution in [1.29, 1.82) is 0 Å². The number of carboxylic acids is 1. The van der Waals surface area contributed by atoms with Gasteiger partial charge in [-0.2, -0.15) is 0 Å². The van der Waals surface area contributed by atoms with Crippen molar-refractivity contribution < 1.29 is 14.7 Å². The number of aromatic nitrogens is 2. The predicted molar refractivity (Wildman–Crippen MR) is 71.3 cm³/mol. The molecule has 7 heteroatoms. The third-order valence-electron chi connectivity index (χ3n) is 2.47. The molecule has 3 N–H and O–H groups in total. The van der Waals surface area contributed by atoms with Gasteiger partial charge in [0.1, 0.15) is 6.33 Å². The lowest BCUT2D eigenvalue weighted by atomic mass is 10.1. The second kappa shape index (κ2) is 6.28. The molecule has 0 unspecified atom stereocenters. The van der Waals surface area contributed by atoms with Crippen molar-refractivity contribution in [2.24, 2.45) is 0 Å². The molecule has 0 radical (unpaired) electrons. The quantitative estimate of drug-likeness (QED) is 0.782. The summed E-state index contributed by atoms with van der Waals surface area (Å²) >= 11 is 0. The Kier molecular flexibility index (Phi) is 4.23. The van der Waals surface area contributed by atoms with E-state index < -0.39 is 5.97 Å². The van der Waals surface area contributed by atoms with E-state index in [-0.39, 0.29) is 11.6 Å². The number of carbonyl (C=O) groups excluding carboxylic acids is 1. The number of nitrogens with one attached hydrogen (secondary N) is 2. The van der Waals surface area contributed by atoms with Gasteiger partial charge in [-0.15, -0.1) is 0 Å². The Morgan fingerprint density at radius 2 is 1.75 bits per heavy atom. The minimum atomic E-state index is -0.980. The van der Waals surface area contributed by atoms with Gasteiger partial charge < -0.3 is 15.7 Å². The number of nitrogens with zero attached hydrogens (tertiary/aromatic N) is 2. The highest BCUT2D eigenvalue weighted by Crippen LogP contribution is 2.05. The molecule has 0 aliphatic heterocycles. The third-order valence-corrected chi connectivity index (χ3v) is 2.47. The zero-order valence-electron chi connectivity index (χ0n) is 10.4. The van der Waals surface area contributed by atoms with E-state index in [9.17, 15) is 9.59 Å². The lowest BCUT2D eigenvalue weighted by Crippen LogP contribution is -2.28. The summed E-state index contributed by atoms with van der Waals surface area (Å²) in [6, 6.07) is 5.89. The normalized spacial score (nSPS) is 9.80. The summed E-state index contributed by atoms with van der Waals surface area (Å²) in [7, 11) is 0. The van der Waals surface area contributed by atoms with Crippen molar-refractivity contribution in [3.63, 3.8) is 0 Å². The molecule has 0 aliphatic rings. The lowest BCUT2D eigenvalue weighted by molar-refractivity contribution is 0.0697. The number of carbonyl (C=O) groups is 2. The first-order valence-corrected chi connectivity index (χ1v) is 5.77. The molecule has 2 rings (SSSR count). The zero-order chi connectivity index (χ0) is 14.4. The third kappa shape index (κ3) is 3.77. The summed E-state index contributed by atoms with van der Waals surface area (Å²) < 4.78 is 0. The lowest BCUT2D eigenvalue weighted by Gasteiger charge is -2.07. The Morgan fingerprint density at radius 3 is 2.35 bits per heavy atom. The molecule has 1 aromatic heterocycles. The van der Waals surface area contributed by atoms with Gasteiger partial charge >= 0.3 is 12.0 Å². The molecular weight excluding hydrogens is 260 g/mol. The molecule has 102 valence electrons. The molecule has 0 bridgehead atoms. The van der Waals surface area contributed by atoms with E-state index >= 15 is 0 Å². The van der Waals surface area contributed by atoms with E-state index in [1.54, 1.807) is 12.1 Å². The topological polar surface area (TPSA) is 104 Å². The highest BCUT2D eigenvalue weighted by atomic mass is 16.4. The number of carboxylic acid groups (broad SMARTS) is 1. The number of hydrogen-bond acceptors (Lipinski definition) is 4. The van der Waals surface area contributed by atoms with Crippen LogP contribution in [0, 0.1) is 0 Å². The van der Waals surface area contributed by atoms with E-state index in [0.29, 0.717) is 12.2 Å². The summed E-state index contributed by atoms with van der Waals surface area (Å²) in [5.74, 6) is -0.980. The Bertz CT molecular complexity index is 599. The molecule has 0 atom stereocenters. The molecule has 1 aromatic carbocycles. The van der Waals surface area contributed by atoms with Gasteiger partial charge in [0.25, 0.3) is 0 Å². The van der Waals surface area contributed by atoms with Crippen LogP contribution < -0.4 is 10.6 Å². The van der Waals surface area contributed by atoms with Gasteiger partial charge in [0.05, 0.1) is 23.6 Å². The number of aromatic carboxylic acids is 1. The van der Waals surface area contributed by atoms with Crippen molar-refractivity contribution >= 4 is 17.7 Å². The van der Waals surface area contributed by atoms with Gasteiger partial charge in [-0.25, -0.2) is 19.6 Å². The number of benzene rings is 1. The number of anilines is 1. The molecule has 2 aromatic rings. The Hall–Kier alpha value is -2.96. The van der Waals surface area contributed by atoms with Crippen LogP contribution in [-0.2, 0) is 6.54 Å². The summed E-state index contributed by atoms with van der Waals surface area (Å²) in [6.45, 7) is 0.291. The minimum absolute atomic E-state index is 0.208. The molecule has 0 fully saturated rings. The first-order chi connectivity index (χ1) is 9.65. The molecule has 0 spiro atoms. The first-order valence-electron chi connectivity index (χ1n) is 5.77. The number of hydrogen-bond donors (Lipinski definition) is 3. The van der Waals surface area contributed by atoms with Gasteiger partial charge in [0.2, 0.25) is 0 Å². The summed E-state index contributed by atoms with van der Waals surface area (Å²) in [5.41, 5.74) is 1.50. The van der Waals surface area contributed by atoms with Crippen LogP contribution in [0.4, 0.5) is 10.5 Å². The summed E-state index contributed by atoms with van der Waals surface area (Å²) in [5, 5.41) is 14.0. The van der Waals surface area contributed by atoms with Crippen LogP contribution in [0.2, 0.25) is 0 Å². The van der Waals surface area contributed by atoms with Crippen LogP contribution in [0.5, 0.6) is 0 Å². The largest absolute Gasteiger partial charge is 0.478 e. The Balaban J connectivity index is 1.85. The zero-order valence-corrected chi connectivity index (χ0v) is 10.4. The minimum Gasteiger partial charge on any atom is -0.478 e. The smallest absolute Gasteiger partial charge is 0.335 e. The highest BCUT2D eigenvalue weighted by molar-refractivity contribution is 5.89. The molecule has 7 nitrogen and oxygen atoms in total. The van der Waals surface area contributed by atoms with Crippen LogP contribution >= 0.6 is 0 Å². The van der Waals surface area contributed by atoms with Gasteiger partial charge in [0, 0.05) is 6.54 Å². The fourth-order valence-electron chi connectivity index (χ4n) is 1.49. The van der Waals surface area contributed by atoms with Crippen LogP contribution in [0.15, 0.2) is 43.0 Å². The molecule has 0 saturated carbocycles. The Morgan fingerprint density at radius 1 is 1.10 bits per heavy atom. The summed E-state index contributed by atoms with van der Waals surface area (Å²) in [6.07, 6.45) is 4.33. The molecule has 0 aliphatic carbocycles. The highest BCUT2D eigenvalue weighted by Gasteiger charge is 2.04. The molecular formula is C13H12N4O3. The summed E-state index contributed by atoms with van der Waals surface area (Å²) in [4.78, 5) is 29.8. The van der Waals surface area contributed by atoms with Crippen LogP contribution in [0.3, 0.4) is 0 Å². The molecule has 1 heterocycles. The van der Waals surface area contributed by atoms with E-state index in [4.69, 9.17) is 5.11 Å². The van der Waals surface area contributed by atoms with E-state index in [2.05, 4.69) is 20.6 Å². The van der Waals surface area contributed by atoms with Gasteiger partial charge in [-0.3, -0.25) is 0 Å². The van der Waals surface area contributed by atoms with Crippen LogP contribution in [0.1, 0.15) is 15.9 Å². The maximum Gasteiger partial charge on any atom is 0.335 e. The number of rotatable bonds is 4. The van der Waals surface area contributed by atoms with Crippen molar-refractivity contribution in [3.05, 3.63) is 54.1 Å². The van der Waals surface area contributed by atoms with E-state index in [1.165, 1.54) is 30.9 Å². The number of urea groups is 1. The molecule has 0 saturated heterocycles. The fraction of sp³-hybridized carbons (Fsp3) is 0.0769.